The highest BCUT2D eigenvalue weighted by Gasteiger charge is 2.00. The first kappa shape index (κ1) is 14.0. The van der Waals surface area contributed by atoms with E-state index in [2.05, 4.69) is 36.0 Å². The lowest BCUT2D eigenvalue weighted by Crippen LogP contribution is -2.25. The van der Waals surface area contributed by atoms with Gasteiger partial charge in [-0.15, -0.1) is 0 Å². The Labute approximate surface area is 104 Å². The monoisotopic (exact) mass is 239 g/mol. The number of nitrogens with zero attached hydrogens (tertiary/aromatic N) is 4. The van der Waals surface area contributed by atoms with Crippen molar-refractivity contribution in [2.24, 2.45) is 0 Å². The van der Waals surface area contributed by atoms with Crippen LogP contribution in [0.2, 0.25) is 0 Å². The Morgan fingerprint density at radius 3 is 2.47 bits per heavy atom. The largest absolute Gasteiger partial charge is 0.382 e. The second-order valence-electron chi connectivity index (χ2n) is 4.82. The zero-order valence-corrected chi connectivity index (χ0v) is 11.3. The Hall–Kier alpha value is -1.07. The molecule has 0 aliphatic rings. The molecule has 1 heterocycles. The van der Waals surface area contributed by atoms with Gasteiger partial charge in [-0.2, -0.15) is 5.10 Å². The molecule has 98 valence electrons. The zero-order chi connectivity index (χ0) is 12.7. The number of aromatic nitrogens is 2. The van der Waals surface area contributed by atoms with Gasteiger partial charge in [0.2, 0.25) is 0 Å². The fourth-order valence-corrected chi connectivity index (χ4v) is 1.77. The number of rotatable bonds is 8. The Kier molecular flexibility index (Phi) is 6.00. The molecule has 5 nitrogen and oxygen atoms in total. The summed E-state index contributed by atoms with van der Waals surface area (Å²) in [5.41, 5.74) is 5.56. The van der Waals surface area contributed by atoms with Gasteiger partial charge in [-0.3, -0.25) is 4.68 Å². The maximum Gasteiger partial charge on any atom is 0.145 e. The normalized spacial score (nSPS) is 11.6. The lowest BCUT2D eigenvalue weighted by molar-refractivity contribution is 0.291. The highest BCUT2D eigenvalue weighted by atomic mass is 15.3. The summed E-state index contributed by atoms with van der Waals surface area (Å²) in [6, 6.07) is 1.83. The van der Waals surface area contributed by atoms with E-state index in [9.17, 15) is 0 Å². The van der Waals surface area contributed by atoms with E-state index in [4.69, 9.17) is 5.73 Å². The SMILES string of the molecule is CN(C)CCCN(C)CCCn1ccc(N)n1. The van der Waals surface area contributed by atoms with Crippen LogP contribution in [0.15, 0.2) is 12.3 Å². The van der Waals surface area contributed by atoms with Crippen molar-refractivity contribution in [1.29, 1.82) is 0 Å². The van der Waals surface area contributed by atoms with Crippen LogP contribution in [0.5, 0.6) is 0 Å². The van der Waals surface area contributed by atoms with Crippen molar-refractivity contribution in [1.82, 2.24) is 19.6 Å². The van der Waals surface area contributed by atoms with Gasteiger partial charge in [0.05, 0.1) is 0 Å². The van der Waals surface area contributed by atoms with Crippen LogP contribution >= 0.6 is 0 Å². The van der Waals surface area contributed by atoms with Crippen molar-refractivity contribution >= 4 is 5.82 Å². The molecule has 0 aliphatic heterocycles. The van der Waals surface area contributed by atoms with E-state index < -0.39 is 0 Å². The average molecular weight is 239 g/mol. The summed E-state index contributed by atoms with van der Waals surface area (Å²) in [6.45, 7) is 4.35. The minimum atomic E-state index is 0.601. The van der Waals surface area contributed by atoms with Gasteiger partial charge < -0.3 is 15.5 Å². The van der Waals surface area contributed by atoms with Gasteiger partial charge >= 0.3 is 0 Å². The molecular formula is C12H25N5. The van der Waals surface area contributed by atoms with Crippen molar-refractivity contribution in [3.8, 4) is 0 Å². The molecule has 0 amide bonds. The van der Waals surface area contributed by atoms with Crippen LogP contribution in [-0.2, 0) is 6.54 Å². The predicted octanol–water partition coefficient (Wildman–Crippen LogP) is 0.739. The molecule has 0 radical (unpaired) electrons. The molecule has 2 N–H and O–H groups in total. The van der Waals surface area contributed by atoms with Crippen LogP contribution in [0.3, 0.4) is 0 Å². The highest BCUT2D eigenvalue weighted by Crippen LogP contribution is 1.98. The summed E-state index contributed by atoms with van der Waals surface area (Å²) in [4.78, 5) is 4.59. The molecule has 0 unspecified atom stereocenters. The number of nitrogen functional groups attached to an aromatic ring is 1. The molecule has 0 fully saturated rings. The fraction of sp³-hybridized carbons (Fsp3) is 0.750. The second-order valence-corrected chi connectivity index (χ2v) is 4.82. The van der Waals surface area contributed by atoms with Crippen LogP contribution in [0, 0.1) is 0 Å². The number of anilines is 1. The van der Waals surface area contributed by atoms with Gasteiger partial charge in [-0.1, -0.05) is 0 Å². The number of aryl methyl sites for hydroxylation is 1. The van der Waals surface area contributed by atoms with Crippen molar-refractivity contribution in [2.75, 3.05) is 46.5 Å². The molecule has 0 aliphatic carbocycles. The first-order valence-electron chi connectivity index (χ1n) is 6.20. The lowest BCUT2D eigenvalue weighted by Gasteiger charge is -2.17. The van der Waals surface area contributed by atoms with Gasteiger partial charge in [0.15, 0.2) is 0 Å². The molecule has 0 aromatic carbocycles. The molecule has 1 aromatic heterocycles. The molecule has 0 bridgehead atoms. The number of hydrogen-bond acceptors (Lipinski definition) is 4. The first-order chi connectivity index (χ1) is 8.08. The van der Waals surface area contributed by atoms with Crippen LogP contribution in [0.25, 0.3) is 0 Å². The maximum absolute atomic E-state index is 5.56. The summed E-state index contributed by atoms with van der Waals surface area (Å²) in [5.74, 6) is 0.601. The first-order valence-corrected chi connectivity index (χ1v) is 6.20. The Bertz CT molecular complexity index is 308. The highest BCUT2D eigenvalue weighted by molar-refractivity contribution is 5.23. The van der Waals surface area contributed by atoms with Crippen molar-refractivity contribution in [3.63, 3.8) is 0 Å². The quantitative estimate of drug-likeness (QED) is 0.727. The van der Waals surface area contributed by atoms with E-state index in [0.717, 1.165) is 32.6 Å². The predicted molar refractivity (Wildman–Crippen MR) is 71.9 cm³/mol. The molecule has 0 saturated heterocycles. The van der Waals surface area contributed by atoms with Gasteiger partial charge in [0.25, 0.3) is 0 Å². The molecular weight excluding hydrogens is 214 g/mol. The topological polar surface area (TPSA) is 50.3 Å². The lowest BCUT2D eigenvalue weighted by atomic mass is 10.3. The standard InChI is InChI=1S/C12H25N5/c1-15(2)7-4-8-16(3)9-5-10-17-11-6-12(13)14-17/h6,11H,4-5,7-10H2,1-3H3,(H2,13,14). The van der Waals surface area contributed by atoms with E-state index >= 15 is 0 Å². The Balaban J connectivity index is 2.05. The minimum Gasteiger partial charge on any atom is -0.382 e. The van der Waals surface area contributed by atoms with E-state index in [-0.39, 0.29) is 0 Å². The van der Waals surface area contributed by atoms with Gasteiger partial charge in [-0.05, 0) is 59.7 Å². The molecule has 0 spiro atoms. The Morgan fingerprint density at radius 1 is 1.18 bits per heavy atom. The van der Waals surface area contributed by atoms with Gasteiger partial charge in [0, 0.05) is 12.7 Å². The smallest absolute Gasteiger partial charge is 0.145 e. The molecule has 1 aromatic rings. The minimum absolute atomic E-state index is 0.601. The molecule has 1 rings (SSSR count). The molecule has 0 saturated carbocycles. The van der Waals surface area contributed by atoms with Crippen LogP contribution in [-0.4, -0.2) is 60.4 Å². The van der Waals surface area contributed by atoms with Crippen molar-refractivity contribution < 1.29 is 0 Å². The third-order valence-corrected chi connectivity index (χ3v) is 2.73. The van der Waals surface area contributed by atoms with E-state index in [0.29, 0.717) is 5.82 Å². The van der Waals surface area contributed by atoms with Crippen LogP contribution in [0.4, 0.5) is 5.82 Å². The third kappa shape index (κ3) is 6.28. The second kappa shape index (κ2) is 7.29. The van der Waals surface area contributed by atoms with Crippen molar-refractivity contribution in [3.05, 3.63) is 12.3 Å². The zero-order valence-electron chi connectivity index (χ0n) is 11.3. The Morgan fingerprint density at radius 2 is 1.88 bits per heavy atom. The van der Waals surface area contributed by atoms with E-state index in [1.165, 1.54) is 6.42 Å². The molecule has 0 atom stereocenters. The summed E-state index contributed by atoms with van der Waals surface area (Å²) < 4.78 is 1.91. The molecule has 17 heavy (non-hydrogen) atoms. The van der Waals surface area contributed by atoms with Crippen LogP contribution < -0.4 is 5.73 Å². The van der Waals surface area contributed by atoms with Crippen molar-refractivity contribution in [2.45, 2.75) is 19.4 Å². The third-order valence-electron chi connectivity index (χ3n) is 2.73. The summed E-state index contributed by atoms with van der Waals surface area (Å²) in [6.07, 6.45) is 4.26. The van der Waals surface area contributed by atoms with E-state index in [1.54, 1.807) is 0 Å². The molecule has 5 heteroatoms. The summed E-state index contributed by atoms with van der Waals surface area (Å²) >= 11 is 0. The van der Waals surface area contributed by atoms with E-state index in [1.807, 2.05) is 16.9 Å². The summed E-state index contributed by atoms with van der Waals surface area (Å²) in [5, 5.41) is 4.16. The number of nitrogens with two attached hydrogens (primary N) is 1. The van der Waals surface area contributed by atoms with Gasteiger partial charge in [-0.25, -0.2) is 0 Å². The summed E-state index contributed by atoms with van der Waals surface area (Å²) in [7, 11) is 6.40. The van der Waals surface area contributed by atoms with Crippen LogP contribution in [0.1, 0.15) is 12.8 Å². The number of hydrogen-bond donors (Lipinski definition) is 1. The maximum atomic E-state index is 5.56. The average Bonchev–Trinajstić information content (AvgIpc) is 2.63. The van der Waals surface area contributed by atoms with Gasteiger partial charge in [0.1, 0.15) is 5.82 Å². The fourth-order valence-electron chi connectivity index (χ4n) is 1.77.